The van der Waals surface area contributed by atoms with E-state index in [0.717, 1.165) is 11.0 Å². The van der Waals surface area contributed by atoms with Gasteiger partial charge in [0.1, 0.15) is 5.82 Å². The van der Waals surface area contributed by atoms with E-state index in [1.807, 2.05) is 24.3 Å². The van der Waals surface area contributed by atoms with Crippen molar-refractivity contribution in [1.29, 1.82) is 0 Å². The molecule has 0 aliphatic carbocycles. The minimum atomic E-state index is -3.83. The molecule has 0 radical (unpaired) electrons. The van der Waals surface area contributed by atoms with Crippen molar-refractivity contribution >= 4 is 38.6 Å². The first-order valence-electron chi connectivity index (χ1n) is 9.45. The summed E-state index contributed by atoms with van der Waals surface area (Å²) in [5.74, 6) is -0.748. The first-order chi connectivity index (χ1) is 15.3. The molecular formula is C22H18N4O5S. The molecule has 0 spiro atoms. The molecule has 0 saturated heterocycles. The fourth-order valence-corrected chi connectivity index (χ4v) is 3.60. The van der Waals surface area contributed by atoms with E-state index in [-0.39, 0.29) is 10.5 Å². The maximum atomic E-state index is 12.6. The number of primary sulfonamides is 1. The van der Waals surface area contributed by atoms with Gasteiger partial charge < -0.3 is 15.0 Å². The quantitative estimate of drug-likeness (QED) is 0.385. The molecule has 4 aromatic rings. The second-order valence-corrected chi connectivity index (χ2v) is 8.40. The Hall–Kier alpha value is -4.02. The average molecular weight is 450 g/mol. The van der Waals surface area contributed by atoms with Crippen molar-refractivity contribution in [3.05, 3.63) is 78.4 Å². The van der Waals surface area contributed by atoms with Gasteiger partial charge in [0.2, 0.25) is 10.0 Å². The highest BCUT2D eigenvalue weighted by atomic mass is 32.2. The Labute approximate surface area is 183 Å². The number of benzene rings is 3. The van der Waals surface area contributed by atoms with Crippen molar-refractivity contribution in [2.24, 2.45) is 5.14 Å². The van der Waals surface area contributed by atoms with Gasteiger partial charge in [0.15, 0.2) is 6.61 Å². The third-order valence-corrected chi connectivity index (χ3v) is 5.52. The van der Waals surface area contributed by atoms with Crippen LogP contribution in [-0.4, -0.2) is 36.9 Å². The summed E-state index contributed by atoms with van der Waals surface area (Å²) in [6.45, 7) is -0.524. The van der Waals surface area contributed by atoms with Crippen LogP contribution in [0.25, 0.3) is 22.4 Å². The molecule has 0 aliphatic rings. The van der Waals surface area contributed by atoms with Crippen LogP contribution in [0.1, 0.15) is 10.4 Å². The third kappa shape index (κ3) is 4.66. The van der Waals surface area contributed by atoms with Gasteiger partial charge in [-0.2, -0.15) is 0 Å². The molecule has 32 heavy (non-hydrogen) atoms. The molecule has 9 nitrogen and oxygen atoms in total. The monoisotopic (exact) mass is 450 g/mol. The number of nitrogens with one attached hydrogen (secondary N) is 2. The third-order valence-electron chi connectivity index (χ3n) is 4.59. The number of anilines is 1. The Morgan fingerprint density at radius 2 is 1.66 bits per heavy atom. The Morgan fingerprint density at radius 1 is 0.969 bits per heavy atom. The predicted octanol–water partition coefficient (Wildman–Crippen LogP) is 2.67. The number of nitrogens with two attached hydrogens (primary N) is 1. The topological polar surface area (TPSA) is 144 Å². The molecule has 1 heterocycles. The maximum absolute atomic E-state index is 12.6. The highest BCUT2D eigenvalue weighted by Crippen LogP contribution is 2.24. The van der Waals surface area contributed by atoms with Crippen LogP contribution >= 0.6 is 0 Å². The summed E-state index contributed by atoms with van der Waals surface area (Å²) < 4.78 is 27.7. The minimum absolute atomic E-state index is 0.0795. The van der Waals surface area contributed by atoms with E-state index in [9.17, 15) is 18.0 Å². The molecule has 1 aromatic heterocycles. The molecule has 1 amide bonds. The van der Waals surface area contributed by atoms with Crippen LogP contribution in [0.5, 0.6) is 0 Å². The molecule has 0 bridgehead atoms. The zero-order valence-electron chi connectivity index (χ0n) is 16.6. The fourth-order valence-electron chi connectivity index (χ4n) is 3.08. The number of carbonyl (C=O) groups is 2. The van der Waals surface area contributed by atoms with E-state index in [4.69, 9.17) is 9.88 Å². The summed E-state index contributed by atoms with van der Waals surface area (Å²) in [5, 5.41) is 7.56. The Balaban J connectivity index is 1.44. The van der Waals surface area contributed by atoms with Crippen LogP contribution < -0.4 is 10.5 Å². The van der Waals surface area contributed by atoms with E-state index in [2.05, 4.69) is 15.3 Å². The number of carbonyl (C=O) groups excluding carboxylic acids is 2. The van der Waals surface area contributed by atoms with Crippen LogP contribution in [0.3, 0.4) is 0 Å². The van der Waals surface area contributed by atoms with E-state index < -0.39 is 28.5 Å². The Morgan fingerprint density at radius 3 is 2.38 bits per heavy atom. The number of fused-ring (bicyclic) bond motifs is 1. The number of aromatic amines is 1. The molecule has 0 unspecified atom stereocenters. The van der Waals surface area contributed by atoms with Crippen molar-refractivity contribution in [2.75, 3.05) is 11.9 Å². The van der Waals surface area contributed by atoms with Crippen molar-refractivity contribution < 1.29 is 22.7 Å². The molecule has 3 aromatic carbocycles. The van der Waals surface area contributed by atoms with Gasteiger partial charge in [-0.3, -0.25) is 4.79 Å². The van der Waals surface area contributed by atoms with Crippen LogP contribution in [-0.2, 0) is 19.6 Å². The number of sulfonamides is 1. The SMILES string of the molecule is NS(=O)(=O)c1ccc(NC(=O)COC(=O)c2ccccc2-c2nc3ccccc3[nH]2)cc1. The predicted molar refractivity (Wildman–Crippen MR) is 118 cm³/mol. The van der Waals surface area contributed by atoms with Crippen LogP contribution in [0.15, 0.2) is 77.7 Å². The van der Waals surface area contributed by atoms with Gasteiger partial charge in [-0.25, -0.2) is 23.3 Å². The maximum Gasteiger partial charge on any atom is 0.339 e. The van der Waals surface area contributed by atoms with Gasteiger partial charge in [0.25, 0.3) is 5.91 Å². The van der Waals surface area contributed by atoms with E-state index in [1.165, 1.54) is 24.3 Å². The number of rotatable bonds is 6. The van der Waals surface area contributed by atoms with Gasteiger partial charge in [-0.05, 0) is 42.5 Å². The smallest absolute Gasteiger partial charge is 0.339 e. The molecule has 10 heteroatoms. The number of amides is 1. The standard InChI is InChI=1S/C22H18N4O5S/c23-32(29,30)15-11-9-14(10-12-15)24-20(27)13-31-22(28)17-6-2-1-5-16(17)21-25-18-7-3-4-8-19(18)26-21/h1-12H,13H2,(H,24,27)(H,25,26)(H2,23,29,30). The minimum Gasteiger partial charge on any atom is -0.452 e. The number of aromatic nitrogens is 2. The number of imidazole rings is 1. The lowest BCUT2D eigenvalue weighted by Crippen LogP contribution is -2.21. The van der Waals surface area contributed by atoms with Crippen LogP contribution in [0.2, 0.25) is 0 Å². The number of para-hydroxylation sites is 2. The lowest BCUT2D eigenvalue weighted by Gasteiger charge is -2.09. The lowest BCUT2D eigenvalue weighted by molar-refractivity contribution is -0.119. The van der Waals surface area contributed by atoms with E-state index >= 15 is 0 Å². The normalized spacial score (nSPS) is 11.3. The molecule has 0 aliphatic heterocycles. The molecule has 4 rings (SSSR count). The number of ether oxygens (including phenoxy) is 1. The first-order valence-corrected chi connectivity index (χ1v) is 11.0. The van der Waals surface area contributed by atoms with Crippen molar-refractivity contribution in [3.8, 4) is 11.4 Å². The zero-order chi connectivity index (χ0) is 22.7. The molecule has 0 saturated carbocycles. The van der Waals surface area contributed by atoms with Gasteiger partial charge in [0, 0.05) is 11.3 Å². The van der Waals surface area contributed by atoms with Crippen molar-refractivity contribution in [2.45, 2.75) is 4.90 Å². The Bertz CT molecular complexity index is 1380. The summed E-state index contributed by atoms with van der Waals surface area (Å²) in [6, 6.07) is 19.6. The van der Waals surface area contributed by atoms with Gasteiger partial charge >= 0.3 is 5.97 Å². The van der Waals surface area contributed by atoms with E-state index in [1.54, 1.807) is 24.3 Å². The van der Waals surface area contributed by atoms with Crippen molar-refractivity contribution in [3.63, 3.8) is 0 Å². The largest absolute Gasteiger partial charge is 0.452 e. The lowest BCUT2D eigenvalue weighted by atomic mass is 10.1. The van der Waals surface area contributed by atoms with Gasteiger partial charge in [0.05, 0.1) is 21.5 Å². The summed E-state index contributed by atoms with van der Waals surface area (Å²) in [5.41, 5.74) is 2.74. The first kappa shape index (κ1) is 21.2. The average Bonchev–Trinajstić information content (AvgIpc) is 3.21. The fraction of sp³-hybridized carbons (Fsp3) is 0.0455. The summed E-state index contributed by atoms with van der Waals surface area (Å²) in [7, 11) is -3.83. The molecule has 0 fully saturated rings. The number of nitrogens with zero attached hydrogens (tertiary/aromatic N) is 1. The highest BCUT2D eigenvalue weighted by molar-refractivity contribution is 7.89. The molecule has 162 valence electrons. The van der Waals surface area contributed by atoms with Crippen molar-refractivity contribution in [1.82, 2.24) is 9.97 Å². The molecule has 0 atom stereocenters. The second-order valence-electron chi connectivity index (χ2n) is 6.84. The van der Waals surface area contributed by atoms with Crippen LogP contribution in [0, 0.1) is 0 Å². The number of H-pyrrole nitrogens is 1. The molecule has 4 N–H and O–H groups in total. The molecular weight excluding hydrogens is 432 g/mol. The van der Waals surface area contributed by atoms with Gasteiger partial charge in [-0.1, -0.05) is 30.3 Å². The summed E-state index contributed by atoms with van der Waals surface area (Å²) in [6.07, 6.45) is 0. The summed E-state index contributed by atoms with van der Waals surface area (Å²) in [4.78, 5) is 32.4. The highest BCUT2D eigenvalue weighted by Gasteiger charge is 2.18. The van der Waals surface area contributed by atoms with Gasteiger partial charge in [-0.15, -0.1) is 0 Å². The number of esters is 1. The number of hydrogen-bond acceptors (Lipinski definition) is 6. The summed E-state index contributed by atoms with van der Waals surface area (Å²) >= 11 is 0. The Kier molecular flexibility index (Phi) is 5.71. The zero-order valence-corrected chi connectivity index (χ0v) is 17.4. The van der Waals surface area contributed by atoms with Crippen LogP contribution in [0.4, 0.5) is 5.69 Å². The number of hydrogen-bond donors (Lipinski definition) is 3. The second kappa shape index (κ2) is 8.61. The van der Waals surface area contributed by atoms with E-state index in [0.29, 0.717) is 17.1 Å².